The Morgan fingerprint density at radius 3 is 2.85 bits per heavy atom. The van der Waals surface area contributed by atoms with E-state index in [1.54, 1.807) is 6.33 Å². The highest BCUT2D eigenvalue weighted by atomic mass is 16.2. The van der Waals surface area contributed by atoms with Gasteiger partial charge in [0.2, 0.25) is 5.91 Å². The predicted octanol–water partition coefficient (Wildman–Crippen LogP) is 3.80. The second-order valence-corrected chi connectivity index (χ2v) is 6.57. The first-order chi connectivity index (χ1) is 12.8. The van der Waals surface area contributed by atoms with Crippen LogP contribution in [0.25, 0.3) is 10.9 Å². The fourth-order valence-electron chi connectivity index (χ4n) is 3.68. The number of carbonyl (C=O) groups is 1. The van der Waals surface area contributed by atoms with Gasteiger partial charge in [0, 0.05) is 17.6 Å². The van der Waals surface area contributed by atoms with Gasteiger partial charge in [-0.1, -0.05) is 37.3 Å². The van der Waals surface area contributed by atoms with Crippen molar-refractivity contribution in [3.05, 3.63) is 60.4 Å². The summed E-state index contributed by atoms with van der Waals surface area (Å²) < 4.78 is 0. The topological polar surface area (TPSA) is 58.1 Å². The summed E-state index contributed by atoms with van der Waals surface area (Å²) in [5.74, 6) is 0.878. The SMILES string of the molecule is CCc1ccccc1NC(=O)[C@H]1CCCN1c1ncnc2ccccc12. The lowest BCUT2D eigenvalue weighted by molar-refractivity contribution is -0.117. The van der Waals surface area contributed by atoms with Gasteiger partial charge in [-0.25, -0.2) is 9.97 Å². The molecule has 1 fully saturated rings. The molecule has 1 atom stereocenters. The highest BCUT2D eigenvalue weighted by molar-refractivity contribution is 5.99. The van der Waals surface area contributed by atoms with Gasteiger partial charge in [0.15, 0.2) is 0 Å². The van der Waals surface area contributed by atoms with E-state index >= 15 is 0 Å². The summed E-state index contributed by atoms with van der Waals surface area (Å²) in [6.45, 7) is 2.93. The lowest BCUT2D eigenvalue weighted by Crippen LogP contribution is -2.40. The van der Waals surface area contributed by atoms with Gasteiger partial charge in [-0.2, -0.15) is 0 Å². The van der Waals surface area contributed by atoms with Crippen molar-refractivity contribution in [2.75, 3.05) is 16.8 Å². The Labute approximate surface area is 153 Å². The Kier molecular flexibility index (Phi) is 4.52. The summed E-state index contributed by atoms with van der Waals surface area (Å²) in [5, 5.41) is 4.12. The van der Waals surface area contributed by atoms with Crippen molar-refractivity contribution < 1.29 is 4.79 Å². The van der Waals surface area contributed by atoms with Crippen molar-refractivity contribution in [2.24, 2.45) is 0 Å². The number of fused-ring (bicyclic) bond motifs is 1. The Balaban J connectivity index is 1.63. The molecule has 0 bridgehead atoms. The third kappa shape index (κ3) is 3.01. The highest BCUT2D eigenvalue weighted by Gasteiger charge is 2.32. The highest BCUT2D eigenvalue weighted by Crippen LogP contribution is 2.30. The maximum Gasteiger partial charge on any atom is 0.247 e. The van der Waals surface area contributed by atoms with E-state index in [9.17, 15) is 4.79 Å². The molecular formula is C21H22N4O. The number of hydrogen-bond donors (Lipinski definition) is 1. The fraction of sp³-hybridized carbons (Fsp3) is 0.286. The molecule has 0 saturated carbocycles. The maximum absolute atomic E-state index is 13.0. The molecule has 1 aromatic heterocycles. The maximum atomic E-state index is 13.0. The van der Waals surface area contributed by atoms with Crippen molar-refractivity contribution >= 4 is 28.3 Å². The molecule has 1 aliphatic rings. The summed E-state index contributed by atoms with van der Waals surface area (Å²) in [5.41, 5.74) is 2.96. The third-order valence-corrected chi connectivity index (χ3v) is 5.01. The van der Waals surface area contributed by atoms with E-state index < -0.39 is 0 Å². The molecule has 0 radical (unpaired) electrons. The molecule has 5 heteroatoms. The summed E-state index contributed by atoms with van der Waals surface area (Å²) in [7, 11) is 0. The quantitative estimate of drug-likeness (QED) is 0.781. The molecule has 1 saturated heterocycles. The van der Waals surface area contributed by atoms with E-state index in [0.29, 0.717) is 0 Å². The van der Waals surface area contributed by atoms with Crippen LogP contribution in [0.15, 0.2) is 54.9 Å². The number of hydrogen-bond acceptors (Lipinski definition) is 4. The summed E-state index contributed by atoms with van der Waals surface area (Å²) in [6, 6.07) is 15.7. The van der Waals surface area contributed by atoms with Crippen LogP contribution in [0.1, 0.15) is 25.3 Å². The molecule has 0 spiro atoms. The standard InChI is InChI=1S/C21H22N4O/c1-2-15-8-3-5-10-17(15)24-21(26)19-12-7-13-25(19)20-16-9-4-6-11-18(16)22-14-23-20/h3-6,8-11,14,19H,2,7,12-13H2,1H3,(H,24,26)/t19-/m1/s1. The van der Waals surface area contributed by atoms with Gasteiger partial charge in [-0.3, -0.25) is 4.79 Å². The summed E-state index contributed by atoms with van der Waals surface area (Å²) >= 11 is 0. The van der Waals surface area contributed by atoms with E-state index in [-0.39, 0.29) is 11.9 Å². The van der Waals surface area contributed by atoms with Crippen molar-refractivity contribution in [2.45, 2.75) is 32.2 Å². The molecule has 1 amide bonds. The minimum Gasteiger partial charge on any atom is -0.344 e. The first-order valence-electron chi connectivity index (χ1n) is 9.13. The van der Waals surface area contributed by atoms with Crippen molar-refractivity contribution in [1.29, 1.82) is 0 Å². The predicted molar refractivity (Wildman–Crippen MR) is 104 cm³/mol. The van der Waals surface area contributed by atoms with E-state index in [4.69, 9.17) is 0 Å². The van der Waals surface area contributed by atoms with E-state index in [2.05, 4.69) is 33.2 Å². The van der Waals surface area contributed by atoms with Gasteiger partial charge in [-0.05, 0) is 43.0 Å². The van der Waals surface area contributed by atoms with E-state index in [1.807, 2.05) is 42.5 Å². The number of amides is 1. The average molecular weight is 346 g/mol. The van der Waals surface area contributed by atoms with Crippen LogP contribution in [0.2, 0.25) is 0 Å². The number of anilines is 2. The molecule has 2 aromatic carbocycles. The molecule has 132 valence electrons. The number of carbonyl (C=O) groups excluding carboxylic acids is 1. The Hall–Kier alpha value is -2.95. The zero-order valence-electron chi connectivity index (χ0n) is 14.9. The molecule has 0 unspecified atom stereocenters. The van der Waals surface area contributed by atoms with Crippen molar-refractivity contribution in [3.63, 3.8) is 0 Å². The molecule has 5 nitrogen and oxygen atoms in total. The van der Waals surface area contributed by atoms with Gasteiger partial charge in [-0.15, -0.1) is 0 Å². The minimum absolute atomic E-state index is 0.0334. The van der Waals surface area contributed by atoms with Crippen LogP contribution in [0, 0.1) is 0 Å². The number of nitrogens with one attached hydrogen (secondary N) is 1. The molecule has 2 heterocycles. The first-order valence-corrected chi connectivity index (χ1v) is 9.13. The van der Waals surface area contributed by atoms with Crippen LogP contribution in [0.5, 0.6) is 0 Å². The smallest absolute Gasteiger partial charge is 0.247 e. The Morgan fingerprint density at radius 1 is 1.15 bits per heavy atom. The van der Waals surface area contributed by atoms with Gasteiger partial charge in [0.25, 0.3) is 0 Å². The minimum atomic E-state index is -0.210. The zero-order chi connectivity index (χ0) is 17.9. The number of aromatic nitrogens is 2. The largest absolute Gasteiger partial charge is 0.344 e. The van der Waals surface area contributed by atoms with Crippen LogP contribution in [0.3, 0.4) is 0 Å². The zero-order valence-corrected chi connectivity index (χ0v) is 14.9. The van der Waals surface area contributed by atoms with Gasteiger partial charge >= 0.3 is 0 Å². The Morgan fingerprint density at radius 2 is 1.96 bits per heavy atom. The van der Waals surface area contributed by atoms with Crippen LogP contribution in [0.4, 0.5) is 11.5 Å². The number of aryl methyl sites for hydroxylation is 1. The van der Waals surface area contributed by atoms with Gasteiger partial charge < -0.3 is 10.2 Å². The number of para-hydroxylation sites is 2. The second kappa shape index (κ2) is 7.12. The molecule has 3 aromatic rings. The Bertz CT molecular complexity index is 935. The van der Waals surface area contributed by atoms with Crippen molar-refractivity contribution in [3.8, 4) is 0 Å². The number of benzene rings is 2. The lowest BCUT2D eigenvalue weighted by Gasteiger charge is -2.26. The second-order valence-electron chi connectivity index (χ2n) is 6.57. The first kappa shape index (κ1) is 16.5. The van der Waals surface area contributed by atoms with Gasteiger partial charge in [0.05, 0.1) is 5.52 Å². The van der Waals surface area contributed by atoms with Crippen molar-refractivity contribution in [1.82, 2.24) is 9.97 Å². The van der Waals surface area contributed by atoms with E-state index in [1.165, 1.54) is 0 Å². The summed E-state index contributed by atoms with van der Waals surface area (Å²) in [6.07, 6.45) is 4.28. The molecule has 0 aliphatic carbocycles. The van der Waals surface area contributed by atoms with Gasteiger partial charge in [0.1, 0.15) is 18.2 Å². The normalized spacial score (nSPS) is 16.8. The number of rotatable bonds is 4. The fourth-order valence-corrected chi connectivity index (χ4v) is 3.68. The van der Waals surface area contributed by atoms with E-state index in [0.717, 1.165) is 53.8 Å². The van der Waals surface area contributed by atoms with Crippen LogP contribution in [-0.2, 0) is 11.2 Å². The van der Waals surface area contributed by atoms with Crippen LogP contribution < -0.4 is 10.2 Å². The van der Waals surface area contributed by atoms with Crippen LogP contribution in [-0.4, -0.2) is 28.5 Å². The number of nitrogens with zero attached hydrogens (tertiary/aromatic N) is 3. The average Bonchev–Trinajstić information content (AvgIpc) is 3.17. The third-order valence-electron chi connectivity index (χ3n) is 5.01. The molecule has 26 heavy (non-hydrogen) atoms. The lowest BCUT2D eigenvalue weighted by atomic mass is 10.1. The molecular weight excluding hydrogens is 324 g/mol. The van der Waals surface area contributed by atoms with Crippen LogP contribution >= 0.6 is 0 Å². The molecule has 1 N–H and O–H groups in total. The monoisotopic (exact) mass is 346 g/mol. The molecule has 4 rings (SSSR count). The summed E-state index contributed by atoms with van der Waals surface area (Å²) in [4.78, 5) is 24.0. The molecule has 1 aliphatic heterocycles.